The fourth-order valence-corrected chi connectivity index (χ4v) is 4.65. The highest BCUT2D eigenvalue weighted by atomic mass is 15.4. The Morgan fingerprint density at radius 3 is 1.62 bits per heavy atom. The number of para-hydroxylation sites is 1. The van der Waals surface area contributed by atoms with Gasteiger partial charge in [-0.1, -0.05) is 108 Å². The molecule has 2 heterocycles. The van der Waals surface area contributed by atoms with E-state index in [1.807, 2.05) is 114 Å². The first kappa shape index (κ1) is 22.7. The van der Waals surface area contributed by atoms with E-state index in [1.54, 1.807) is 0 Å². The van der Waals surface area contributed by atoms with Gasteiger partial charge in [-0.15, -0.1) is 5.10 Å². The lowest BCUT2D eigenvalue weighted by Crippen LogP contribution is -2.00. The van der Waals surface area contributed by atoms with Gasteiger partial charge in [0.1, 0.15) is 5.52 Å². The van der Waals surface area contributed by atoms with Gasteiger partial charge < -0.3 is 0 Å². The third-order valence-electron chi connectivity index (χ3n) is 6.60. The van der Waals surface area contributed by atoms with Gasteiger partial charge in [0.25, 0.3) is 0 Å². The lowest BCUT2D eigenvalue weighted by Gasteiger charge is -2.10. The van der Waals surface area contributed by atoms with Crippen LogP contribution in [0, 0.1) is 0 Å². The molecule has 6 heteroatoms. The minimum absolute atomic E-state index is 0.628. The highest BCUT2D eigenvalue weighted by molar-refractivity contribution is 5.77. The Balaban J connectivity index is 1.32. The van der Waals surface area contributed by atoms with E-state index in [2.05, 4.69) is 34.6 Å². The first-order chi connectivity index (χ1) is 19.3. The number of hydrogen-bond donors (Lipinski definition) is 0. The molecule has 0 fully saturated rings. The topological polar surface area (TPSA) is 69.4 Å². The summed E-state index contributed by atoms with van der Waals surface area (Å²) in [5.41, 5.74) is 7.71. The predicted octanol–water partition coefficient (Wildman–Crippen LogP) is 7.27. The lowest BCUT2D eigenvalue weighted by atomic mass is 10.0. The summed E-state index contributed by atoms with van der Waals surface area (Å²) in [4.78, 5) is 14.6. The molecule has 0 unspecified atom stereocenters. The summed E-state index contributed by atoms with van der Waals surface area (Å²) in [6, 6.07) is 44.6. The van der Waals surface area contributed by atoms with E-state index in [0.717, 1.165) is 44.5 Å². The van der Waals surface area contributed by atoms with Crippen molar-refractivity contribution >= 4 is 11.0 Å². The van der Waals surface area contributed by atoms with Gasteiger partial charge in [0, 0.05) is 16.7 Å². The van der Waals surface area contributed by atoms with Gasteiger partial charge in [-0.25, -0.2) is 19.6 Å². The van der Waals surface area contributed by atoms with E-state index in [0.29, 0.717) is 17.5 Å². The van der Waals surface area contributed by atoms with Crippen molar-refractivity contribution in [1.82, 2.24) is 29.9 Å². The maximum atomic E-state index is 4.88. The van der Waals surface area contributed by atoms with Crippen molar-refractivity contribution in [2.45, 2.75) is 0 Å². The Morgan fingerprint density at radius 2 is 0.923 bits per heavy atom. The van der Waals surface area contributed by atoms with E-state index < -0.39 is 0 Å². The van der Waals surface area contributed by atoms with Crippen LogP contribution in [0.4, 0.5) is 0 Å². The van der Waals surface area contributed by atoms with Crippen molar-refractivity contribution in [3.8, 4) is 51.0 Å². The van der Waals surface area contributed by atoms with Crippen molar-refractivity contribution in [3.05, 3.63) is 133 Å². The Kier molecular flexibility index (Phi) is 5.68. The van der Waals surface area contributed by atoms with Crippen LogP contribution in [-0.2, 0) is 0 Å². The molecule has 0 bridgehead atoms. The Morgan fingerprint density at radius 1 is 0.410 bits per heavy atom. The second-order valence-corrected chi connectivity index (χ2v) is 9.16. The quantitative estimate of drug-likeness (QED) is 0.247. The minimum Gasteiger partial charge on any atom is -0.213 e. The van der Waals surface area contributed by atoms with Crippen LogP contribution in [0.5, 0.6) is 0 Å². The number of fused-ring (bicyclic) bond motifs is 1. The van der Waals surface area contributed by atoms with Gasteiger partial charge in [-0.3, -0.25) is 0 Å². The van der Waals surface area contributed by atoms with Gasteiger partial charge in [0.2, 0.25) is 0 Å². The summed E-state index contributed by atoms with van der Waals surface area (Å²) in [6.07, 6.45) is 0. The van der Waals surface area contributed by atoms with Crippen molar-refractivity contribution < 1.29 is 0 Å². The minimum atomic E-state index is 0.628. The number of rotatable bonds is 5. The molecular weight excluding hydrogens is 480 g/mol. The lowest BCUT2D eigenvalue weighted by molar-refractivity contribution is 0.824. The van der Waals surface area contributed by atoms with E-state index in [-0.39, 0.29) is 0 Å². The molecule has 0 saturated heterocycles. The van der Waals surface area contributed by atoms with Crippen molar-refractivity contribution in [1.29, 1.82) is 0 Å². The molecular formula is C33H22N6. The monoisotopic (exact) mass is 502 g/mol. The van der Waals surface area contributed by atoms with Crippen LogP contribution in [0.25, 0.3) is 62.0 Å². The maximum absolute atomic E-state index is 4.88. The van der Waals surface area contributed by atoms with Crippen LogP contribution < -0.4 is 0 Å². The molecule has 0 atom stereocenters. The third kappa shape index (κ3) is 4.45. The molecule has 184 valence electrons. The van der Waals surface area contributed by atoms with Crippen molar-refractivity contribution in [2.24, 2.45) is 0 Å². The van der Waals surface area contributed by atoms with Crippen LogP contribution in [0.15, 0.2) is 133 Å². The molecule has 0 spiro atoms. The maximum Gasteiger partial charge on any atom is 0.164 e. The fourth-order valence-electron chi connectivity index (χ4n) is 4.65. The molecule has 0 aliphatic heterocycles. The predicted molar refractivity (Wildman–Crippen MR) is 154 cm³/mol. The summed E-state index contributed by atoms with van der Waals surface area (Å²) in [6.45, 7) is 0. The van der Waals surface area contributed by atoms with Crippen molar-refractivity contribution in [2.75, 3.05) is 0 Å². The summed E-state index contributed by atoms with van der Waals surface area (Å²) in [5, 5.41) is 8.69. The molecule has 0 N–H and O–H groups in total. The Hall–Kier alpha value is -5.49. The number of nitrogens with zero attached hydrogens (tertiary/aromatic N) is 6. The molecule has 7 aromatic rings. The third-order valence-corrected chi connectivity index (χ3v) is 6.60. The standard InChI is InChI=1S/C33H22N6/c1-3-11-23(12-4-1)31-34-32(24-13-5-2-6-14-24)36-33(35-31)27-17-9-15-25(21-27)26-16-10-18-28(22-26)39-30-20-8-7-19-29(30)37-38-39/h1-22H. The molecule has 0 saturated carbocycles. The average molecular weight is 503 g/mol. The zero-order valence-corrected chi connectivity index (χ0v) is 20.9. The molecule has 39 heavy (non-hydrogen) atoms. The molecule has 2 aromatic heterocycles. The molecule has 0 aliphatic rings. The van der Waals surface area contributed by atoms with E-state index in [9.17, 15) is 0 Å². The Labute approximate surface area is 225 Å². The summed E-state index contributed by atoms with van der Waals surface area (Å²) < 4.78 is 1.87. The van der Waals surface area contributed by atoms with Gasteiger partial charge in [-0.05, 0) is 41.5 Å². The van der Waals surface area contributed by atoms with Gasteiger partial charge in [-0.2, -0.15) is 0 Å². The SMILES string of the molecule is c1ccc(-c2nc(-c3ccccc3)nc(-c3cccc(-c4cccc(-n5nnc6ccccc65)c4)c3)n2)cc1. The number of benzene rings is 5. The molecule has 6 nitrogen and oxygen atoms in total. The molecule has 0 aliphatic carbocycles. The second-order valence-electron chi connectivity index (χ2n) is 9.16. The largest absolute Gasteiger partial charge is 0.213 e. The molecule has 0 radical (unpaired) electrons. The molecule has 0 amide bonds. The smallest absolute Gasteiger partial charge is 0.164 e. The van der Waals surface area contributed by atoms with Gasteiger partial charge in [0.05, 0.1) is 11.2 Å². The van der Waals surface area contributed by atoms with E-state index in [4.69, 9.17) is 15.0 Å². The Bertz CT molecular complexity index is 1850. The van der Waals surface area contributed by atoms with Crippen molar-refractivity contribution in [3.63, 3.8) is 0 Å². The van der Waals surface area contributed by atoms with Crippen LogP contribution in [-0.4, -0.2) is 29.9 Å². The number of hydrogen-bond acceptors (Lipinski definition) is 5. The summed E-state index contributed by atoms with van der Waals surface area (Å²) >= 11 is 0. The highest BCUT2D eigenvalue weighted by Crippen LogP contribution is 2.29. The zero-order chi connectivity index (χ0) is 26.0. The van der Waals surface area contributed by atoms with Crippen LogP contribution in [0.3, 0.4) is 0 Å². The molecule has 5 aromatic carbocycles. The van der Waals surface area contributed by atoms with E-state index in [1.165, 1.54) is 0 Å². The molecule has 7 rings (SSSR count). The summed E-state index contributed by atoms with van der Waals surface area (Å²) in [7, 11) is 0. The van der Waals surface area contributed by atoms with Crippen LogP contribution >= 0.6 is 0 Å². The second kappa shape index (κ2) is 9.76. The summed E-state index contributed by atoms with van der Waals surface area (Å²) in [5.74, 6) is 1.91. The average Bonchev–Trinajstić information content (AvgIpc) is 3.46. The normalized spacial score (nSPS) is 11.1. The van der Waals surface area contributed by atoms with Crippen LogP contribution in [0.2, 0.25) is 0 Å². The first-order valence-corrected chi connectivity index (χ1v) is 12.7. The van der Waals surface area contributed by atoms with Gasteiger partial charge >= 0.3 is 0 Å². The zero-order valence-electron chi connectivity index (χ0n) is 20.9. The van der Waals surface area contributed by atoms with E-state index >= 15 is 0 Å². The fraction of sp³-hybridized carbons (Fsp3) is 0. The highest BCUT2D eigenvalue weighted by Gasteiger charge is 2.13. The number of aromatic nitrogens is 6. The first-order valence-electron chi connectivity index (χ1n) is 12.7. The van der Waals surface area contributed by atoms with Gasteiger partial charge in [0.15, 0.2) is 17.5 Å². The van der Waals surface area contributed by atoms with Crippen LogP contribution in [0.1, 0.15) is 0 Å².